The normalized spacial score (nSPS) is 12.1. The number of sulfone groups is 1. The number of ether oxygens (including phenoxy) is 2. The Bertz CT molecular complexity index is 1140. The third kappa shape index (κ3) is 4.16. The third-order valence-corrected chi connectivity index (χ3v) is 4.85. The minimum atomic E-state index is -4.78. The fraction of sp³-hybridized carbons (Fsp3) is 0.235. The zero-order valence-electron chi connectivity index (χ0n) is 15.4. The summed E-state index contributed by atoms with van der Waals surface area (Å²) in [6.45, 7) is 0. The Morgan fingerprint density at radius 2 is 1.72 bits per heavy atom. The molecule has 12 heteroatoms. The lowest BCUT2D eigenvalue weighted by Gasteiger charge is -2.10. The predicted molar refractivity (Wildman–Crippen MR) is 95.8 cm³/mol. The minimum absolute atomic E-state index is 0.102. The van der Waals surface area contributed by atoms with Crippen LogP contribution in [0.4, 0.5) is 13.2 Å². The summed E-state index contributed by atoms with van der Waals surface area (Å²) in [6, 6.07) is 6.95. The van der Waals surface area contributed by atoms with E-state index in [1.807, 2.05) is 0 Å². The Morgan fingerprint density at radius 3 is 2.24 bits per heavy atom. The summed E-state index contributed by atoms with van der Waals surface area (Å²) >= 11 is 0. The Morgan fingerprint density at radius 1 is 1.03 bits per heavy atom. The molecule has 2 heterocycles. The Balaban J connectivity index is 2.19. The highest BCUT2D eigenvalue weighted by Gasteiger charge is 2.37. The first kappa shape index (κ1) is 20.6. The van der Waals surface area contributed by atoms with Crippen molar-refractivity contribution in [1.82, 2.24) is 19.7 Å². The molecule has 0 N–H and O–H groups in total. The maximum atomic E-state index is 13.2. The van der Waals surface area contributed by atoms with Gasteiger partial charge in [-0.2, -0.15) is 13.2 Å². The van der Waals surface area contributed by atoms with Crippen LogP contribution >= 0.6 is 0 Å². The number of pyridine rings is 1. The molecule has 0 aliphatic rings. The second-order valence-corrected chi connectivity index (χ2v) is 7.83. The van der Waals surface area contributed by atoms with E-state index in [0.29, 0.717) is 11.5 Å². The first-order valence-electron chi connectivity index (χ1n) is 7.97. The number of halogens is 3. The summed E-state index contributed by atoms with van der Waals surface area (Å²) < 4.78 is 74.0. The summed E-state index contributed by atoms with van der Waals surface area (Å²) in [5, 5.41) is 3.32. The van der Waals surface area contributed by atoms with E-state index in [4.69, 9.17) is 9.47 Å². The average molecular weight is 428 g/mol. The molecule has 0 saturated heterocycles. The van der Waals surface area contributed by atoms with Crippen molar-refractivity contribution in [3.63, 3.8) is 0 Å². The van der Waals surface area contributed by atoms with Crippen LogP contribution in [0.1, 0.15) is 5.82 Å². The van der Waals surface area contributed by atoms with Gasteiger partial charge in [0.05, 0.1) is 26.1 Å². The molecule has 0 aliphatic carbocycles. The second-order valence-electron chi connectivity index (χ2n) is 5.87. The van der Waals surface area contributed by atoms with Crippen LogP contribution in [-0.2, 0) is 16.0 Å². The van der Waals surface area contributed by atoms with Crippen LogP contribution < -0.4 is 9.47 Å². The van der Waals surface area contributed by atoms with Gasteiger partial charge in [-0.25, -0.2) is 23.1 Å². The zero-order chi connectivity index (χ0) is 21.4. The van der Waals surface area contributed by atoms with Crippen LogP contribution in [-0.4, -0.2) is 48.6 Å². The van der Waals surface area contributed by atoms with E-state index >= 15 is 0 Å². The lowest BCUT2D eigenvalue weighted by Crippen LogP contribution is -2.09. The molecule has 0 spiro atoms. The van der Waals surface area contributed by atoms with Gasteiger partial charge in [-0.1, -0.05) is 0 Å². The van der Waals surface area contributed by atoms with Crippen molar-refractivity contribution in [1.29, 1.82) is 0 Å². The van der Waals surface area contributed by atoms with E-state index in [-0.39, 0.29) is 22.1 Å². The minimum Gasteiger partial charge on any atom is -0.493 e. The quantitative estimate of drug-likeness (QED) is 0.617. The summed E-state index contributed by atoms with van der Waals surface area (Å²) in [7, 11) is -0.748. The fourth-order valence-electron chi connectivity index (χ4n) is 2.49. The van der Waals surface area contributed by atoms with Crippen LogP contribution in [0.2, 0.25) is 0 Å². The number of hydrogen-bond acceptors (Lipinski definition) is 7. The van der Waals surface area contributed by atoms with Gasteiger partial charge in [0.2, 0.25) is 0 Å². The lowest BCUT2D eigenvalue weighted by atomic mass is 10.2. The molecule has 0 amide bonds. The molecule has 0 fully saturated rings. The van der Waals surface area contributed by atoms with Crippen LogP contribution in [0.15, 0.2) is 41.6 Å². The maximum Gasteiger partial charge on any atom is 0.453 e. The van der Waals surface area contributed by atoms with E-state index in [1.54, 1.807) is 0 Å². The van der Waals surface area contributed by atoms with Crippen molar-refractivity contribution >= 4 is 9.84 Å². The molecule has 1 aromatic carbocycles. The number of alkyl halides is 3. The lowest BCUT2D eigenvalue weighted by molar-refractivity contribution is -0.144. The zero-order valence-corrected chi connectivity index (χ0v) is 16.2. The number of rotatable bonds is 5. The molecule has 0 unspecified atom stereocenters. The molecule has 0 radical (unpaired) electrons. The maximum absolute atomic E-state index is 13.2. The van der Waals surface area contributed by atoms with E-state index in [2.05, 4.69) is 15.1 Å². The number of benzene rings is 1. The number of nitrogens with zero attached hydrogens (tertiary/aromatic N) is 4. The summed E-state index contributed by atoms with van der Waals surface area (Å²) in [5.74, 6) is -0.808. The van der Waals surface area contributed by atoms with Crippen LogP contribution in [0.5, 0.6) is 11.5 Å². The molecule has 0 atom stereocenters. The Kier molecular flexibility index (Phi) is 5.22. The van der Waals surface area contributed by atoms with E-state index in [0.717, 1.165) is 17.1 Å². The standard InChI is InChI=1S/C17H15F3N4O4S/c1-27-12-6-4-10(8-13(12)28-2)15-22-16(17(18,19)20)23-24(15)11-5-7-14(21-9-11)29(3,25)26/h4-9H,1-3H3. The van der Waals surface area contributed by atoms with Crippen molar-refractivity contribution in [3.05, 3.63) is 42.4 Å². The first-order valence-corrected chi connectivity index (χ1v) is 9.87. The first-order chi connectivity index (χ1) is 13.5. The molecule has 3 aromatic rings. The van der Waals surface area contributed by atoms with E-state index in [1.165, 1.54) is 44.6 Å². The highest BCUT2D eigenvalue weighted by Crippen LogP contribution is 2.34. The second kappa shape index (κ2) is 7.35. The molecule has 8 nitrogen and oxygen atoms in total. The molecular formula is C17H15F3N4O4S. The molecular weight excluding hydrogens is 413 g/mol. The fourth-order valence-corrected chi connectivity index (χ4v) is 3.05. The monoisotopic (exact) mass is 428 g/mol. The SMILES string of the molecule is COc1ccc(-c2nc(C(F)(F)F)nn2-c2ccc(S(C)(=O)=O)nc2)cc1OC. The van der Waals surface area contributed by atoms with Gasteiger partial charge in [0.15, 0.2) is 32.2 Å². The van der Waals surface area contributed by atoms with Crippen molar-refractivity contribution in [3.8, 4) is 28.6 Å². The molecule has 2 aromatic heterocycles. The molecule has 154 valence electrons. The van der Waals surface area contributed by atoms with Crippen molar-refractivity contribution < 1.29 is 31.1 Å². The van der Waals surface area contributed by atoms with Gasteiger partial charge in [-0.15, -0.1) is 5.10 Å². The Hall–Kier alpha value is -3.15. The highest BCUT2D eigenvalue weighted by molar-refractivity contribution is 7.90. The smallest absolute Gasteiger partial charge is 0.453 e. The van der Waals surface area contributed by atoms with Crippen LogP contribution in [0.25, 0.3) is 17.1 Å². The molecule has 0 bridgehead atoms. The number of hydrogen-bond donors (Lipinski definition) is 0. The third-order valence-electron chi connectivity index (χ3n) is 3.85. The average Bonchev–Trinajstić information content (AvgIpc) is 3.12. The van der Waals surface area contributed by atoms with Gasteiger partial charge < -0.3 is 9.47 Å². The van der Waals surface area contributed by atoms with Crippen LogP contribution in [0.3, 0.4) is 0 Å². The van der Waals surface area contributed by atoms with E-state index in [9.17, 15) is 21.6 Å². The van der Waals surface area contributed by atoms with E-state index < -0.39 is 21.8 Å². The van der Waals surface area contributed by atoms with Gasteiger partial charge in [-0.05, 0) is 30.3 Å². The summed E-state index contributed by atoms with van der Waals surface area (Å²) in [4.78, 5) is 7.41. The van der Waals surface area contributed by atoms with Crippen LogP contribution in [0, 0.1) is 0 Å². The largest absolute Gasteiger partial charge is 0.493 e. The highest BCUT2D eigenvalue weighted by atomic mass is 32.2. The molecule has 0 aliphatic heterocycles. The summed E-state index contributed by atoms with van der Waals surface area (Å²) in [5.41, 5.74) is 0.378. The summed E-state index contributed by atoms with van der Waals surface area (Å²) in [6.07, 6.45) is -2.70. The van der Waals surface area contributed by atoms with Gasteiger partial charge in [0.25, 0.3) is 5.82 Å². The molecule has 29 heavy (non-hydrogen) atoms. The van der Waals surface area contributed by atoms with Crippen molar-refractivity contribution in [2.24, 2.45) is 0 Å². The van der Waals surface area contributed by atoms with Crippen molar-refractivity contribution in [2.45, 2.75) is 11.2 Å². The number of methoxy groups -OCH3 is 2. The molecule has 3 rings (SSSR count). The van der Waals surface area contributed by atoms with Gasteiger partial charge in [0, 0.05) is 11.8 Å². The molecule has 0 saturated carbocycles. The number of aromatic nitrogens is 4. The predicted octanol–water partition coefficient (Wildman–Crippen LogP) is 2.77. The van der Waals surface area contributed by atoms with Gasteiger partial charge in [-0.3, -0.25) is 0 Å². The topological polar surface area (TPSA) is 96.2 Å². The van der Waals surface area contributed by atoms with Crippen molar-refractivity contribution in [2.75, 3.05) is 20.5 Å². The van der Waals surface area contributed by atoms with Gasteiger partial charge in [0.1, 0.15) is 0 Å². The van der Waals surface area contributed by atoms with Gasteiger partial charge >= 0.3 is 6.18 Å². The Labute approximate surface area is 163 Å².